The van der Waals surface area contributed by atoms with Gasteiger partial charge in [-0.05, 0) is 49.1 Å². The van der Waals surface area contributed by atoms with Crippen molar-refractivity contribution in [2.75, 3.05) is 5.73 Å². The van der Waals surface area contributed by atoms with Crippen LogP contribution < -0.4 is 5.73 Å². The number of carbonyl (C=O) groups excluding carboxylic acids is 1. The molecule has 0 spiro atoms. The van der Waals surface area contributed by atoms with Crippen LogP contribution in [0.5, 0.6) is 0 Å². The molecule has 28 heavy (non-hydrogen) atoms. The average molecular weight is 399 g/mol. The number of anilines is 1. The second kappa shape index (κ2) is 9.05. The first-order valence-electron chi connectivity index (χ1n) is 8.61. The Kier molecular flexibility index (Phi) is 7.01. The Morgan fingerprint density at radius 2 is 1.43 bits per heavy atom. The minimum atomic E-state index is -0.882. The number of hydrogen-bond acceptors (Lipinski definition) is 4. The van der Waals surface area contributed by atoms with E-state index >= 15 is 0 Å². The van der Waals surface area contributed by atoms with Gasteiger partial charge in [0.15, 0.2) is 6.10 Å². The van der Waals surface area contributed by atoms with Gasteiger partial charge in [0.25, 0.3) is 0 Å². The highest BCUT2D eigenvalue weighted by Crippen LogP contribution is 2.26. The Morgan fingerprint density at radius 1 is 0.929 bits per heavy atom. The molecule has 152 valence electrons. The molecule has 0 bridgehead atoms. The number of aryl methyl sites for hydroxylation is 1. The lowest BCUT2D eigenvalue weighted by molar-refractivity contribution is -0.160. The first kappa shape index (κ1) is 21.7. The molecule has 2 N–H and O–H groups in total. The normalized spacial score (nSPS) is 17.6. The first-order chi connectivity index (χ1) is 13.0. The highest BCUT2D eigenvalue weighted by molar-refractivity contribution is 5.76. The highest BCUT2D eigenvalue weighted by atomic mass is 19.1. The molecule has 1 aliphatic rings. The van der Waals surface area contributed by atoms with Crippen LogP contribution in [-0.4, -0.2) is 17.9 Å². The number of nitrogen functional groups attached to an aromatic ring is 1. The van der Waals surface area contributed by atoms with Crippen molar-refractivity contribution in [3.05, 3.63) is 65.2 Å². The summed E-state index contributed by atoms with van der Waals surface area (Å²) < 4.78 is 60.6. The number of ether oxygens (including phenoxy) is 2. The summed E-state index contributed by atoms with van der Waals surface area (Å²) in [6.07, 6.45) is 0.967. The van der Waals surface area contributed by atoms with Crippen LogP contribution in [-0.2, 0) is 20.7 Å². The molecular weight excluding hydrogens is 378 g/mol. The molecule has 3 rings (SSSR count). The molecule has 4 nitrogen and oxygen atoms in total. The van der Waals surface area contributed by atoms with Crippen LogP contribution in [0.2, 0.25) is 0 Å². The maximum absolute atomic E-state index is 13.0. The van der Waals surface area contributed by atoms with E-state index in [0.717, 1.165) is 24.3 Å². The van der Waals surface area contributed by atoms with Crippen molar-refractivity contribution < 1.29 is 31.8 Å². The van der Waals surface area contributed by atoms with E-state index in [1.165, 1.54) is 12.1 Å². The largest absolute Gasteiger partial charge is 0.432 e. The van der Waals surface area contributed by atoms with Crippen molar-refractivity contribution in [1.29, 1.82) is 0 Å². The molecule has 2 aromatic rings. The summed E-state index contributed by atoms with van der Waals surface area (Å²) in [5, 5.41) is 0. The second-order valence-electron chi connectivity index (χ2n) is 6.80. The zero-order chi connectivity index (χ0) is 20.9. The summed E-state index contributed by atoms with van der Waals surface area (Å²) in [5.41, 5.74) is 5.76. The molecule has 0 unspecified atom stereocenters. The molecule has 0 aliphatic carbocycles. The van der Waals surface area contributed by atoms with Gasteiger partial charge in [0.2, 0.25) is 5.79 Å². The van der Waals surface area contributed by atoms with E-state index in [-0.39, 0.29) is 11.7 Å². The van der Waals surface area contributed by atoms with Gasteiger partial charge in [-0.25, -0.2) is 22.4 Å². The minimum absolute atomic E-state index is 0.104. The third-order valence-corrected chi connectivity index (χ3v) is 3.77. The van der Waals surface area contributed by atoms with E-state index in [0.29, 0.717) is 24.8 Å². The van der Waals surface area contributed by atoms with Crippen molar-refractivity contribution in [1.82, 2.24) is 0 Å². The van der Waals surface area contributed by atoms with Gasteiger partial charge in [-0.1, -0.05) is 0 Å². The third kappa shape index (κ3) is 6.84. The molecule has 1 heterocycles. The summed E-state index contributed by atoms with van der Waals surface area (Å²) in [7, 11) is 0. The number of halogens is 4. The Hall–Kier alpha value is -2.61. The molecule has 1 aliphatic heterocycles. The zero-order valence-corrected chi connectivity index (χ0v) is 15.5. The first-order valence-corrected chi connectivity index (χ1v) is 8.61. The Balaban J connectivity index is 0.000000261. The average Bonchev–Trinajstić information content (AvgIpc) is 2.77. The quantitative estimate of drug-likeness (QED) is 0.467. The van der Waals surface area contributed by atoms with Crippen molar-refractivity contribution in [3.63, 3.8) is 0 Å². The Morgan fingerprint density at radius 3 is 1.86 bits per heavy atom. The van der Waals surface area contributed by atoms with Gasteiger partial charge in [0.1, 0.15) is 23.3 Å². The highest BCUT2D eigenvalue weighted by Gasteiger charge is 2.40. The molecule has 0 radical (unpaired) electrons. The monoisotopic (exact) mass is 399 g/mol. The standard InChI is InChI=1S/C14H16F2O3.C6H5F2N/c1-14(2)18-12(13(17)19-14)5-3-4-9-6-10(15)8-11(16)7-9;7-4-1-5(8)3-6(9)2-4/h6-8,12H,3-5H2,1-2H3;1-3H,9H2/t12-;/m1./s1. The summed E-state index contributed by atoms with van der Waals surface area (Å²) in [6.45, 7) is 3.35. The van der Waals surface area contributed by atoms with Crippen molar-refractivity contribution in [3.8, 4) is 0 Å². The van der Waals surface area contributed by atoms with Gasteiger partial charge in [-0.3, -0.25) is 0 Å². The van der Waals surface area contributed by atoms with Crippen molar-refractivity contribution in [2.24, 2.45) is 0 Å². The number of rotatable bonds is 4. The molecule has 8 heteroatoms. The molecule has 1 fully saturated rings. The smallest absolute Gasteiger partial charge is 0.337 e. The van der Waals surface area contributed by atoms with Crippen LogP contribution >= 0.6 is 0 Å². The number of carbonyl (C=O) groups is 1. The predicted octanol–water partition coefficient (Wildman–Crippen LogP) is 4.51. The number of benzene rings is 2. The van der Waals surface area contributed by atoms with Crippen LogP contribution in [0, 0.1) is 23.3 Å². The number of hydrogen-bond donors (Lipinski definition) is 1. The van der Waals surface area contributed by atoms with E-state index in [9.17, 15) is 22.4 Å². The lowest BCUT2D eigenvalue weighted by Gasteiger charge is -2.15. The molecule has 1 atom stereocenters. The van der Waals surface area contributed by atoms with Crippen LogP contribution in [0.4, 0.5) is 23.2 Å². The third-order valence-electron chi connectivity index (χ3n) is 3.77. The van der Waals surface area contributed by atoms with Gasteiger partial charge in [0, 0.05) is 31.7 Å². The van der Waals surface area contributed by atoms with E-state index in [1.807, 2.05) is 0 Å². The molecule has 1 saturated heterocycles. The topological polar surface area (TPSA) is 61.5 Å². The van der Waals surface area contributed by atoms with Gasteiger partial charge >= 0.3 is 5.97 Å². The van der Waals surface area contributed by atoms with Crippen molar-refractivity contribution in [2.45, 2.75) is 45.0 Å². The van der Waals surface area contributed by atoms with Gasteiger partial charge in [0.05, 0.1) is 0 Å². The molecule has 0 amide bonds. The lowest BCUT2D eigenvalue weighted by atomic mass is 10.1. The van der Waals surface area contributed by atoms with E-state index in [2.05, 4.69) is 0 Å². The molecule has 0 saturated carbocycles. The van der Waals surface area contributed by atoms with Crippen molar-refractivity contribution >= 4 is 11.7 Å². The summed E-state index contributed by atoms with van der Waals surface area (Å²) in [5.74, 6) is -3.73. The van der Waals surface area contributed by atoms with E-state index in [1.54, 1.807) is 13.8 Å². The summed E-state index contributed by atoms with van der Waals surface area (Å²) in [4.78, 5) is 11.5. The number of esters is 1. The SMILES string of the molecule is CC1(C)OC(=O)[C@@H](CCCc2cc(F)cc(F)c2)O1.Nc1cc(F)cc(F)c1. The summed E-state index contributed by atoms with van der Waals surface area (Å²) in [6, 6.07) is 6.31. The summed E-state index contributed by atoms with van der Waals surface area (Å²) >= 11 is 0. The van der Waals surface area contributed by atoms with E-state index in [4.69, 9.17) is 15.2 Å². The fraction of sp³-hybridized carbons (Fsp3) is 0.350. The lowest BCUT2D eigenvalue weighted by Crippen LogP contribution is -2.21. The maximum atomic E-state index is 13.0. The van der Waals surface area contributed by atoms with Gasteiger partial charge in [-0.2, -0.15) is 0 Å². The molecular formula is C20H21F4NO3. The maximum Gasteiger partial charge on any atom is 0.337 e. The fourth-order valence-corrected chi connectivity index (χ4v) is 2.72. The van der Waals surface area contributed by atoms with Gasteiger partial charge < -0.3 is 15.2 Å². The van der Waals surface area contributed by atoms with Crippen LogP contribution in [0.25, 0.3) is 0 Å². The predicted molar refractivity (Wildman–Crippen MR) is 95.1 cm³/mol. The Labute approximate surface area is 160 Å². The van der Waals surface area contributed by atoms with Crippen LogP contribution in [0.15, 0.2) is 36.4 Å². The fourth-order valence-electron chi connectivity index (χ4n) is 2.72. The number of nitrogens with two attached hydrogens (primary N) is 1. The van der Waals surface area contributed by atoms with Crippen LogP contribution in [0.3, 0.4) is 0 Å². The molecule has 0 aromatic heterocycles. The minimum Gasteiger partial charge on any atom is -0.432 e. The number of cyclic esters (lactones) is 1. The van der Waals surface area contributed by atoms with Gasteiger partial charge in [-0.15, -0.1) is 0 Å². The van der Waals surface area contributed by atoms with E-state index < -0.39 is 35.2 Å². The molecule has 2 aromatic carbocycles. The second-order valence-corrected chi connectivity index (χ2v) is 6.80. The van der Waals surface area contributed by atoms with Crippen LogP contribution in [0.1, 0.15) is 32.3 Å². The Bertz CT molecular complexity index is 771. The zero-order valence-electron chi connectivity index (χ0n) is 15.5.